The first-order valence-electron chi connectivity index (χ1n) is 11.4. The summed E-state index contributed by atoms with van der Waals surface area (Å²) in [6, 6.07) is 21.3. The fraction of sp³-hybridized carbons (Fsp3) is 0.143. The molecule has 0 spiro atoms. The third-order valence-electron chi connectivity index (χ3n) is 6.51. The Labute approximate surface area is 224 Å². The molecule has 4 aromatic rings. The normalized spacial score (nSPS) is 16.8. The molecule has 1 aromatic heterocycles. The fourth-order valence-corrected chi connectivity index (χ4v) is 5.65. The minimum absolute atomic E-state index is 0.0886. The van der Waals surface area contributed by atoms with E-state index in [1.807, 2.05) is 24.3 Å². The third-order valence-corrected chi connectivity index (χ3v) is 8.13. The molecule has 0 unspecified atom stereocenters. The largest absolute Gasteiger partial charge is 0.361 e. The van der Waals surface area contributed by atoms with Crippen LogP contribution in [0.15, 0.2) is 88.6 Å². The molecule has 1 aliphatic heterocycles. The summed E-state index contributed by atoms with van der Waals surface area (Å²) in [7, 11) is -3.50. The Morgan fingerprint density at radius 2 is 1.49 bits per heavy atom. The maximum Gasteiger partial charge on any atom is 0.260 e. The molecule has 1 N–H and O–H groups in total. The SMILES string of the molecule is CC(=O)c1cc(-c2cccc(S(C)(=O)=O)c2)c(=O)n2c1N[C@H](c1ccc(Cl)cc1)[C@@H]2c1ccc(Cl)cc1. The fourth-order valence-electron chi connectivity index (χ4n) is 4.73. The number of hydrogen-bond acceptors (Lipinski definition) is 5. The number of pyridine rings is 1. The van der Waals surface area contributed by atoms with E-state index in [-0.39, 0.29) is 27.8 Å². The molecule has 0 saturated carbocycles. The van der Waals surface area contributed by atoms with Crippen molar-refractivity contribution in [1.29, 1.82) is 0 Å². The van der Waals surface area contributed by atoms with Crippen molar-refractivity contribution in [1.82, 2.24) is 4.57 Å². The van der Waals surface area contributed by atoms with Crippen molar-refractivity contribution in [2.75, 3.05) is 11.6 Å². The molecule has 2 atom stereocenters. The lowest BCUT2D eigenvalue weighted by molar-refractivity contribution is 0.101. The third kappa shape index (κ3) is 4.70. The van der Waals surface area contributed by atoms with Crippen molar-refractivity contribution in [2.24, 2.45) is 0 Å². The topological polar surface area (TPSA) is 85.2 Å². The number of carbonyl (C=O) groups excluding carboxylic acids is 1. The van der Waals surface area contributed by atoms with E-state index in [0.717, 1.165) is 17.4 Å². The number of benzene rings is 3. The summed E-state index contributed by atoms with van der Waals surface area (Å²) in [6.07, 6.45) is 1.11. The lowest BCUT2D eigenvalue weighted by Crippen LogP contribution is -2.26. The molecule has 0 fully saturated rings. The first-order valence-corrected chi connectivity index (χ1v) is 14.1. The number of ketones is 1. The molecule has 6 nitrogen and oxygen atoms in total. The Bertz CT molecular complexity index is 1700. The number of nitrogens with one attached hydrogen (secondary N) is 1. The van der Waals surface area contributed by atoms with E-state index in [1.54, 1.807) is 41.0 Å². The van der Waals surface area contributed by atoms with E-state index < -0.39 is 15.9 Å². The van der Waals surface area contributed by atoms with E-state index in [4.69, 9.17) is 23.2 Å². The lowest BCUT2D eigenvalue weighted by Gasteiger charge is -2.22. The number of Topliss-reactive ketones (excluding diaryl/α,β-unsaturated/α-hetero) is 1. The van der Waals surface area contributed by atoms with Crippen LogP contribution in [0.1, 0.15) is 40.5 Å². The average molecular weight is 553 g/mol. The lowest BCUT2D eigenvalue weighted by atomic mass is 9.94. The second-order valence-electron chi connectivity index (χ2n) is 9.02. The van der Waals surface area contributed by atoms with Crippen LogP contribution in [-0.2, 0) is 9.84 Å². The quantitative estimate of drug-likeness (QED) is 0.298. The van der Waals surface area contributed by atoms with E-state index >= 15 is 0 Å². The molecular weight excluding hydrogens is 531 g/mol. The summed E-state index contributed by atoms with van der Waals surface area (Å²) >= 11 is 12.3. The van der Waals surface area contributed by atoms with E-state index in [9.17, 15) is 18.0 Å². The van der Waals surface area contributed by atoms with Gasteiger partial charge in [0, 0.05) is 21.9 Å². The summed E-state index contributed by atoms with van der Waals surface area (Å²) < 4.78 is 26.0. The van der Waals surface area contributed by atoms with E-state index in [1.165, 1.54) is 25.1 Å². The number of nitrogens with zero attached hydrogens (tertiary/aromatic N) is 1. The number of hydrogen-bond donors (Lipinski definition) is 1. The maximum atomic E-state index is 14.1. The predicted octanol–water partition coefficient (Wildman–Crippen LogP) is 6.18. The first kappa shape index (κ1) is 25.3. The van der Waals surface area contributed by atoms with Gasteiger partial charge in [0.15, 0.2) is 15.6 Å². The van der Waals surface area contributed by atoms with Gasteiger partial charge in [-0.15, -0.1) is 0 Å². The predicted molar refractivity (Wildman–Crippen MR) is 147 cm³/mol. The number of anilines is 1. The Balaban J connectivity index is 1.79. The molecule has 2 heterocycles. The Morgan fingerprint density at radius 3 is 2.05 bits per heavy atom. The van der Waals surface area contributed by atoms with Crippen LogP contribution in [-0.4, -0.2) is 25.0 Å². The standard InChI is InChI=1S/C28H22Cl2N2O4S/c1-16(33)23-15-24(19-4-3-5-22(14-19)37(2,35)36)28(34)32-26(18-8-12-21(30)13-9-18)25(31-27(23)32)17-6-10-20(29)11-7-17/h3-15,25-26,31H,1-2H3/t25-,26+/m1/s1. The van der Waals surface area contributed by atoms with Crippen molar-refractivity contribution in [3.63, 3.8) is 0 Å². The summed E-state index contributed by atoms with van der Waals surface area (Å²) in [5, 5.41) is 4.55. The average Bonchev–Trinajstić information content (AvgIpc) is 3.25. The molecule has 5 rings (SSSR count). The molecule has 0 radical (unpaired) electrons. The minimum atomic E-state index is -3.50. The van der Waals surface area contributed by atoms with E-state index in [0.29, 0.717) is 27.0 Å². The molecule has 0 bridgehead atoms. The molecule has 3 aromatic carbocycles. The van der Waals surface area contributed by atoms with Gasteiger partial charge in [-0.25, -0.2) is 8.42 Å². The van der Waals surface area contributed by atoms with E-state index in [2.05, 4.69) is 5.32 Å². The van der Waals surface area contributed by atoms with Crippen LogP contribution in [0.3, 0.4) is 0 Å². The van der Waals surface area contributed by atoms with Crippen LogP contribution in [0.5, 0.6) is 0 Å². The molecule has 0 amide bonds. The van der Waals surface area contributed by atoms with Crippen molar-refractivity contribution < 1.29 is 13.2 Å². The zero-order chi connectivity index (χ0) is 26.5. The summed E-state index contributed by atoms with van der Waals surface area (Å²) in [5.74, 6) is 0.170. The van der Waals surface area contributed by atoms with Gasteiger partial charge in [0.05, 0.1) is 22.5 Å². The first-order chi connectivity index (χ1) is 17.5. The summed E-state index contributed by atoms with van der Waals surface area (Å²) in [5.41, 5.74) is 2.31. The monoisotopic (exact) mass is 552 g/mol. The van der Waals surface area contributed by atoms with Gasteiger partial charge in [0.2, 0.25) is 0 Å². The summed E-state index contributed by atoms with van der Waals surface area (Å²) in [4.78, 5) is 27.0. The van der Waals surface area contributed by atoms with Crippen LogP contribution in [0.2, 0.25) is 10.0 Å². The van der Waals surface area contributed by atoms with Crippen LogP contribution in [0.4, 0.5) is 5.82 Å². The highest BCUT2D eigenvalue weighted by Gasteiger charge is 2.38. The second kappa shape index (κ2) is 9.49. The van der Waals surface area contributed by atoms with Gasteiger partial charge in [0.25, 0.3) is 5.56 Å². The van der Waals surface area contributed by atoms with Gasteiger partial charge in [-0.2, -0.15) is 0 Å². The molecule has 9 heteroatoms. The number of rotatable bonds is 5. The number of fused-ring (bicyclic) bond motifs is 1. The van der Waals surface area contributed by atoms with Crippen molar-refractivity contribution in [3.8, 4) is 11.1 Å². The van der Waals surface area contributed by atoms with Gasteiger partial charge in [-0.3, -0.25) is 14.2 Å². The second-order valence-corrected chi connectivity index (χ2v) is 11.9. The maximum absolute atomic E-state index is 14.1. The van der Waals surface area contributed by atoms with Crippen molar-refractivity contribution in [3.05, 3.63) is 116 Å². The number of halogens is 2. The highest BCUT2D eigenvalue weighted by Crippen LogP contribution is 2.44. The zero-order valence-electron chi connectivity index (χ0n) is 19.9. The molecule has 0 saturated heterocycles. The van der Waals surface area contributed by atoms with Crippen LogP contribution in [0.25, 0.3) is 11.1 Å². The van der Waals surface area contributed by atoms with Gasteiger partial charge < -0.3 is 5.32 Å². The van der Waals surface area contributed by atoms with Gasteiger partial charge >= 0.3 is 0 Å². The number of sulfone groups is 1. The number of aromatic nitrogens is 1. The molecule has 37 heavy (non-hydrogen) atoms. The molecule has 0 aliphatic carbocycles. The minimum Gasteiger partial charge on any atom is -0.361 e. The summed E-state index contributed by atoms with van der Waals surface area (Å²) in [6.45, 7) is 1.44. The van der Waals surface area contributed by atoms with Gasteiger partial charge in [-0.05, 0) is 66.1 Å². The zero-order valence-corrected chi connectivity index (χ0v) is 22.2. The van der Waals surface area contributed by atoms with Crippen LogP contribution in [0, 0.1) is 0 Å². The highest BCUT2D eigenvalue weighted by molar-refractivity contribution is 7.90. The van der Waals surface area contributed by atoms with Gasteiger partial charge in [-0.1, -0.05) is 59.6 Å². The highest BCUT2D eigenvalue weighted by atomic mass is 35.5. The molecular formula is C28H22Cl2N2O4S. The molecule has 188 valence electrons. The van der Waals surface area contributed by atoms with Crippen LogP contribution >= 0.6 is 23.2 Å². The van der Waals surface area contributed by atoms with Crippen LogP contribution < -0.4 is 10.9 Å². The Morgan fingerprint density at radius 1 is 0.892 bits per heavy atom. The Hall–Kier alpha value is -3.39. The molecule has 1 aliphatic rings. The Kier molecular flexibility index (Phi) is 6.48. The van der Waals surface area contributed by atoms with Crippen molar-refractivity contribution >= 4 is 44.6 Å². The number of carbonyl (C=O) groups is 1. The van der Waals surface area contributed by atoms with Gasteiger partial charge in [0.1, 0.15) is 5.82 Å². The smallest absolute Gasteiger partial charge is 0.260 e. The van der Waals surface area contributed by atoms with Crippen molar-refractivity contribution in [2.45, 2.75) is 23.9 Å².